The van der Waals surface area contributed by atoms with Crippen LogP contribution in [0.15, 0.2) is 41.4 Å². The van der Waals surface area contributed by atoms with Crippen molar-refractivity contribution in [2.24, 2.45) is 0 Å². The van der Waals surface area contributed by atoms with E-state index in [0.29, 0.717) is 6.20 Å². The quantitative estimate of drug-likeness (QED) is 0.815. The van der Waals surface area contributed by atoms with Crippen LogP contribution in [0.1, 0.15) is 5.56 Å². The summed E-state index contributed by atoms with van der Waals surface area (Å²) in [5, 5.41) is 2.31. The predicted octanol–water partition coefficient (Wildman–Crippen LogP) is 3.41. The van der Waals surface area contributed by atoms with Crippen LogP contribution in [0, 0.1) is 0 Å². The maximum atomic E-state index is 13.0. The second-order valence-corrected chi connectivity index (χ2v) is 6.62. The largest absolute Gasteiger partial charge is 0.419 e. The minimum absolute atomic E-state index is 0.0189. The average Bonchev–Trinajstić information content (AvgIpc) is 2.46. The number of nitrogens with zero attached hydrogens (tertiary/aromatic N) is 1. The van der Waals surface area contributed by atoms with Gasteiger partial charge < -0.3 is 5.32 Å². The monoisotopic (exact) mass is 365 g/mol. The Morgan fingerprint density at radius 1 is 1.17 bits per heavy atom. The summed E-state index contributed by atoms with van der Waals surface area (Å²) in [6.45, 7) is 0. The SMILES string of the molecule is CNS(=O)(=O)c1ccccc1Nc1cc(Cl)ncc1C(F)(F)F. The van der Waals surface area contributed by atoms with Gasteiger partial charge in [-0.2, -0.15) is 13.2 Å². The van der Waals surface area contributed by atoms with Crippen molar-refractivity contribution in [3.05, 3.63) is 47.2 Å². The van der Waals surface area contributed by atoms with Crippen LogP contribution < -0.4 is 10.0 Å². The van der Waals surface area contributed by atoms with Gasteiger partial charge in [0.1, 0.15) is 10.0 Å². The molecule has 2 aromatic rings. The number of rotatable bonds is 4. The number of alkyl halides is 3. The number of anilines is 2. The van der Waals surface area contributed by atoms with Crippen LogP contribution in [0.3, 0.4) is 0 Å². The lowest BCUT2D eigenvalue weighted by Gasteiger charge is -2.16. The van der Waals surface area contributed by atoms with Gasteiger partial charge in [-0.15, -0.1) is 0 Å². The van der Waals surface area contributed by atoms with Gasteiger partial charge in [-0.3, -0.25) is 0 Å². The number of pyridine rings is 1. The molecule has 0 fully saturated rings. The van der Waals surface area contributed by atoms with E-state index in [4.69, 9.17) is 11.6 Å². The van der Waals surface area contributed by atoms with Gasteiger partial charge in [0.05, 0.1) is 16.9 Å². The van der Waals surface area contributed by atoms with Crippen LogP contribution in [0.2, 0.25) is 5.15 Å². The highest BCUT2D eigenvalue weighted by atomic mass is 35.5. The first-order chi connectivity index (χ1) is 10.6. The fourth-order valence-electron chi connectivity index (χ4n) is 1.82. The summed E-state index contributed by atoms with van der Waals surface area (Å²) in [4.78, 5) is 3.22. The molecule has 2 N–H and O–H groups in total. The van der Waals surface area contributed by atoms with Crippen LogP contribution in [0.4, 0.5) is 24.5 Å². The Balaban J connectivity index is 2.56. The fraction of sp³-hybridized carbons (Fsp3) is 0.154. The molecule has 2 rings (SSSR count). The number of aromatic nitrogens is 1. The molecule has 10 heteroatoms. The smallest absolute Gasteiger partial charge is 0.354 e. The number of nitrogens with one attached hydrogen (secondary N) is 2. The van der Waals surface area contributed by atoms with Crippen molar-refractivity contribution in [1.29, 1.82) is 0 Å². The molecular weight excluding hydrogens is 355 g/mol. The minimum Gasteiger partial charge on any atom is -0.354 e. The van der Waals surface area contributed by atoms with Crippen molar-refractivity contribution in [1.82, 2.24) is 9.71 Å². The predicted molar refractivity (Wildman–Crippen MR) is 80.2 cm³/mol. The molecule has 0 aliphatic heterocycles. The third-order valence-electron chi connectivity index (χ3n) is 2.89. The molecule has 0 aliphatic rings. The summed E-state index contributed by atoms with van der Waals surface area (Å²) in [6.07, 6.45) is -4.09. The molecule has 23 heavy (non-hydrogen) atoms. The zero-order valence-electron chi connectivity index (χ0n) is 11.6. The highest BCUT2D eigenvalue weighted by Crippen LogP contribution is 2.37. The van der Waals surface area contributed by atoms with Crippen molar-refractivity contribution in [2.45, 2.75) is 11.1 Å². The van der Waals surface area contributed by atoms with Crippen molar-refractivity contribution in [3.63, 3.8) is 0 Å². The number of benzene rings is 1. The molecule has 1 heterocycles. The molecular formula is C13H11ClF3N3O2S. The fourth-order valence-corrected chi connectivity index (χ4v) is 2.86. The maximum absolute atomic E-state index is 13.0. The Hall–Kier alpha value is -1.84. The van der Waals surface area contributed by atoms with Crippen LogP contribution in [-0.4, -0.2) is 20.4 Å². The van der Waals surface area contributed by atoms with Gasteiger partial charge in [-0.05, 0) is 25.2 Å². The second-order valence-electron chi connectivity index (χ2n) is 4.38. The number of hydrogen-bond donors (Lipinski definition) is 2. The van der Waals surface area contributed by atoms with Gasteiger partial charge in [-0.1, -0.05) is 23.7 Å². The number of hydrogen-bond acceptors (Lipinski definition) is 4. The highest BCUT2D eigenvalue weighted by molar-refractivity contribution is 7.89. The minimum atomic E-state index is -4.67. The van der Waals surface area contributed by atoms with Crippen molar-refractivity contribution in [2.75, 3.05) is 12.4 Å². The van der Waals surface area contributed by atoms with E-state index in [-0.39, 0.29) is 15.7 Å². The van der Waals surface area contributed by atoms with Crippen LogP contribution in [0.5, 0.6) is 0 Å². The first-order valence-corrected chi connectivity index (χ1v) is 8.03. The lowest BCUT2D eigenvalue weighted by molar-refractivity contribution is -0.137. The molecule has 0 amide bonds. The molecule has 1 aromatic carbocycles. The summed E-state index contributed by atoms with van der Waals surface area (Å²) in [5.74, 6) is 0. The summed E-state index contributed by atoms with van der Waals surface area (Å²) in [6, 6.07) is 6.54. The highest BCUT2D eigenvalue weighted by Gasteiger charge is 2.34. The summed E-state index contributed by atoms with van der Waals surface area (Å²) >= 11 is 5.64. The van der Waals surface area contributed by atoms with E-state index in [1.54, 1.807) is 0 Å². The third-order valence-corrected chi connectivity index (χ3v) is 4.57. The van der Waals surface area contributed by atoms with Crippen molar-refractivity contribution < 1.29 is 21.6 Å². The lowest BCUT2D eigenvalue weighted by atomic mass is 10.2. The lowest BCUT2D eigenvalue weighted by Crippen LogP contribution is -2.20. The van der Waals surface area contributed by atoms with Gasteiger partial charge in [0.25, 0.3) is 0 Å². The van der Waals surface area contributed by atoms with E-state index >= 15 is 0 Å². The summed E-state index contributed by atoms with van der Waals surface area (Å²) in [7, 11) is -2.64. The Labute approximate surface area is 135 Å². The molecule has 0 saturated carbocycles. The molecule has 0 spiro atoms. The molecule has 0 bridgehead atoms. The molecule has 0 aliphatic carbocycles. The first kappa shape index (κ1) is 17.5. The standard InChI is InChI=1S/C13H11ClF3N3O2S/c1-18-23(21,22)11-5-3-2-4-9(11)20-10-6-12(14)19-7-8(10)13(15,16)17/h2-7,18H,1H3,(H,19,20). The van der Waals surface area contributed by atoms with Gasteiger partial charge in [0, 0.05) is 6.20 Å². The first-order valence-electron chi connectivity index (χ1n) is 6.17. The van der Waals surface area contributed by atoms with Crippen LogP contribution in [-0.2, 0) is 16.2 Å². The molecule has 0 saturated heterocycles. The maximum Gasteiger partial charge on any atom is 0.419 e. The number of halogens is 4. The molecule has 0 unspecified atom stereocenters. The van der Waals surface area contributed by atoms with Crippen LogP contribution >= 0.6 is 11.6 Å². The Kier molecular flexibility index (Phi) is 4.83. The Morgan fingerprint density at radius 2 is 1.83 bits per heavy atom. The van der Waals surface area contributed by atoms with E-state index in [1.165, 1.54) is 31.3 Å². The topological polar surface area (TPSA) is 71.1 Å². The number of sulfonamides is 1. The van der Waals surface area contributed by atoms with Gasteiger partial charge >= 0.3 is 6.18 Å². The van der Waals surface area contributed by atoms with Gasteiger partial charge in [0.15, 0.2) is 0 Å². The van der Waals surface area contributed by atoms with E-state index < -0.39 is 27.5 Å². The zero-order valence-corrected chi connectivity index (χ0v) is 13.2. The summed E-state index contributed by atoms with van der Waals surface area (Å²) < 4.78 is 65.1. The Bertz CT molecular complexity index is 825. The Morgan fingerprint density at radius 3 is 2.43 bits per heavy atom. The van der Waals surface area contributed by atoms with Crippen LogP contribution in [0.25, 0.3) is 0 Å². The van der Waals surface area contributed by atoms with Crippen molar-refractivity contribution in [3.8, 4) is 0 Å². The molecule has 1 aromatic heterocycles. The normalized spacial score (nSPS) is 12.2. The second kappa shape index (κ2) is 6.34. The molecule has 0 radical (unpaired) electrons. The van der Waals surface area contributed by atoms with Gasteiger partial charge in [0.2, 0.25) is 10.0 Å². The van der Waals surface area contributed by atoms with E-state index in [0.717, 1.165) is 6.07 Å². The summed E-state index contributed by atoms with van der Waals surface area (Å²) in [5.41, 5.74) is -1.47. The van der Waals surface area contributed by atoms with Crippen molar-refractivity contribution >= 4 is 33.0 Å². The molecule has 0 atom stereocenters. The van der Waals surface area contributed by atoms with Gasteiger partial charge in [-0.25, -0.2) is 18.1 Å². The number of para-hydroxylation sites is 1. The average molecular weight is 366 g/mol. The van der Waals surface area contributed by atoms with E-state index in [1.807, 2.05) is 0 Å². The van der Waals surface area contributed by atoms with E-state index in [2.05, 4.69) is 15.0 Å². The van der Waals surface area contributed by atoms with E-state index in [9.17, 15) is 21.6 Å². The third kappa shape index (κ3) is 3.92. The molecule has 124 valence electrons. The molecule has 5 nitrogen and oxygen atoms in total. The zero-order chi connectivity index (χ0) is 17.3.